The molecule has 4 nitrogen and oxygen atoms in total. The molecule has 124 valence electrons. The number of fused-ring (bicyclic) bond motifs is 1. The summed E-state index contributed by atoms with van der Waals surface area (Å²) in [6.07, 6.45) is 3.75. The topological polar surface area (TPSA) is 41.6 Å². The molecule has 1 amide bonds. The van der Waals surface area contributed by atoms with Crippen molar-refractivity contribution in [3.8, 4) is 5.75 Å². The molecule has 0 atom stereocenters. The van der Waals surface area contributed by atoms with Gasteiger partial charge in [0.25, 0.3) is 0 Å². The van der Waals surface area contributed by atoms with Crippen LogP contribution in [-0.4, -0.2) is 25.6 Å². The molecular weight excluding hydrogens is 300 g/mol. The summed E-state index contributed by atoms with van der Waals surface area (Å²) in [5.41, 5.74) is 3.16. The van der Waals surface area contributed by atoms with Crippen LogP contribution in [0.25, 0.3) is 0 Å². The maximum absolute atomic E-state index is 12.6. The Labute approximate surface area is 142 Å². The van der Waals surface area contributed by atoms with Crippen molar-refractivity contribution in [2.45, 2.75) is 12.8 Å². The second kappa shape index (κ2) is 7.68. The van der Waals surface area contributed by atoms with Gasteiger partial charge in [0.05, 0.1) is 6.54 Å². The van der Waals surface area contributed by atoms with Gasteiger partial charge in [-0.25, -0.2) is 0 Å². The Morgan fingerprint density at radius 1 is 1.25 bits per heavy atom. The van der Waals surface area contributed by atoms with Crippen molar-refractivity contribution in [3.05, 3.63) is 66.7 Å². The number of anilines is 2. The van der Waals surface area contributed by atoms with E-state index in [2.05, 4.69) is 18.0 Å². The largest absolute Gasteiger partial charge is 0.489 e. The van der Waals surface area contributed by atoms with E-state index in [9.17, 15) is 4.79 Å². The molecule has 0 radical (unpaired) electrons. The number of ether oxygens (including phenoxy) is 1. The number of hydrogen-bond acceptors (Lipinski definition) is 3. The van der Waals surface area contributed by atoms with Gasteiger partial charge in [-0.15, -0.1) is 0 Å². The number of amides is 1. The van der Waals surface area contributed by atoms with Crippen LogP contribution in [0.1, 0.15) is 12.0 Å². The summed E-state index contributed by atoms with van der Waals surface area (Å²) in [5, 5.41) is 3.19. The maximum Gasteiger partial charge on any atom is 0.246 e. The van der Waals surface area contributed by atoms with Crippen LogP contribution in [0, 0.1) is 0 Å². The van der Waals surface area contributed by atoms with Gasteiger partial charge in [0.1, 0.15) is 12.4 Å². The second-order valence-electron chi connectivity index (χ2n) is 5.76. The molecule has 1 aliphatic rings. The first kappa shape index (κ1) is 16.1. The summed E-state index contributed by atoms with van der Waals surface area (Å²) in [5.74, 6) is 0.843. The number of nitrogens with zero attached hydrogens (tertiary/aromatic N) is 1. The first-order valence-electron chi connectivity index (χ1n) is 8.24. The van der Waals surface area contributed by atoms with Crippen LogP contribution in [0.5, 0.6) is 5.75 Å². The van der Waals surface area contributed by atoms with Crippen molar-refractivity contribution in [1.82, 2.24) is 0 Å². The van der Waals surface area contributed by atoms with Gasteiger partial charge < -0.3 is 15.0 Å². The molecule has 0 saturated carbocycles. The Morgan fingerprint density at radius 2 is 2.12 bits per heavy atom. The fraction of sp³-hybridized carbons (Fsp3) is 0.250. The van der Waals surface area contributed by atoms with Crippen molar-refractivity contribution in [2.24, 2.45) is 0 Å². The monoisotopic (exact) mass is 322 g/mol. The zero-order valence-electron chi connectivity index (χ0n) is 13.7. The van der Waals surface area contributed by atoms with E-state index in [0.717, 1.165) is 36.5 Å². The molecule has 0 saturated heterocycles. The van der Waals surface area contributed by atoms with E-state index in [4.69, 9.17) is 4.74 Å². The third-order valence-electron chi connectivity index (χ3n) is 4.06. The molecule has 1 heterocycles. The van der Waals surface area contributed by atoms with Gasteiger partial charge >= 0.3 is 0 Å². The fourth-order valence-electron chi connectivity index (χ4n) is 2.92. The SMILES string of the molecule is C=CCOc1cccc(NCC(=O)N2CCCc3ccccc32)c1. The van der Waals surface area contributed by atoms with E-state index in [1.54, 1.807) is 6.08 Å². The molecule has 4 heteroatoms. The second-order valence-corrected chi connectivity index (χ2v) is 5.76. The van der Waals surface area contributed by atoms with E-state index < -0.39 is 0 Å². The lowest BCUT2D eigenvalue weighted by atomic mass is 10.0. The van der Waals surface area contributed by atoms with Crippen LogP contribution in [0.2, 0.25) is 0 Å². The van der Waals surface area contributed by atoms with Crippen LogP contribution in [0.15, 0.2) is 61.2 Å². The smallest absolute Gasteiger partial charge is 0.246 e. The van der Waals surface area contributed by atoms with E-state index in [1.165, 1.54) is 5.56 Å². The Balaban J connectivity index is 1.63. The standard InChI is InChI=1S/C20H22N2O2/c1-2-13-24-18-10-5-9-17(14-18)21-15-20(23)22-12-6-8-16-7-3-4-11-19(16)22/h2-5,7,9-11,14,21H,1,6,8,12-13,15H2. The summed E-state index contributed by atoms with van der Waals surface area (Å²) in [4.78, 5) is 14.5. The van der Waals surface area contributed by atoms with Gasteiger partial charge in [-0.3, -0.25) is 4.79 Å². The van der Waals surface area contributed by atoms with Crippen LogP contribution < -0.4 is 15.0 Å². The Morgan fingerprint density at radius 3 is 3.00 bits per heavy atom. The van der Waals surface area contributed by atoms with Crippen LogP contribution in [0.4, 0.5) is 11.4 Å². The number of rotatable bonds is 6. The predicted molar refractivity (Wildman–Crippen MR) is 97.7 cm³/mol. The summed E-state index contributed by atoms with van der Waals surface area (Å²) < 4.78 is 5.51. The van der Waals surface area contributed by atoms with Gasteiger partial charge in [-0.2, -0.15) is 0 Å². The molecule has 0 bridgehead atoms. The normalized spacial score (nSPS) is 13.1. The van der Waals surface area contributed by atoms with Gasteiger partial charge in [0.15, 0.2) is 0 Å². The van der Waals surface area contributed by atoms with Gasteiger partial charge in [-0.05, 0) is 36.6 Å². The van der Waals surface area contributed by atoms with E-state index in [0.29, 0.717) is 6.61 Å². The van der Waals surface area contributed by atoms with Crippen molar-refractivity contribution in [2.75, 3.05) is 29.9 Å². The molecule has 24 heavy (non-hydrogen) atoms. The first-order chi connectivity index (χ1) is 11.8. The predicted octanol–water partition coefficient (Wildman–Crippen LogP) is 3.64. The highest BCUT2D eigenvalue weighted by atomic mass is 16.5. The molecule has 0 aromatic heterocycles. The first-order valence-corrected chi connectivity index (χ1v) is 8.24. The summed E-state index contributed by atoms with van der Waals surface area (Å²) in [6, 6.07) is 15.7. The Hall–Kier alpha value is -2.75. The number of carbonyl (C=O) groups excluding carboxylic acids is 1. The Kier molecular flexibility index (Phi) is 5.16. The molecule has 1 N–H and O–H groups in total. The van der Waals surface area contributed by atoms with Gasteiger partial charge in [0.2, 0.25) is 5.91 Å². The fourth-order valence-corrected chi connectivity index (χ4v) is 2.92. The molecular formula is C20H22N2O2. The number of carbonyl (C=O) groups is 1. The van der Waals surface area contributed by atoms with E-state index in [-0.39, 0.29) is 12.5 Å². The zero-order chi connectivity index (χ0) is 16.8. The van der Waals surface area contributed by atoms with E-state index >= 15 is 0 Å². The Bertz CT molecular complexity index is 727. The minimum absolute atomic E-state index is 0.0829. The maximum atomic E-state index is 12.6. The van der Waals surface area contributed by atoms with Crippen LogP contribution in [-0.2, 0) is 11.2 Å². The summed E-state index contributed by atoms with van der Waals surface area (Å²) >= 11 is 0. The van der Waals surface area contributed by atoms with Crippen molar-refractivity contribution in [3.63, 3.8) is 0 Å². The number of benzene rings is 2. The highest BCUT2D eigenvalue weighted by Crippen LogP contribution is 2.26. The van der Waals surface area contributed by atoms with E-state index in [1.807, 2.05) is 47.4 Å². The molecule has 2 aromatic carbocycles. The average Bonchev–Trinajstić information content (AvgIpc) is 2.64. The van der Waals surface area contributed by atoms with Crippen molar-refractivity contribution in [1.29, 1.82) is 0 Å². The summed E-state index contributed by atoms with van der Waals surface area (Å²) in [7, 11) is 0. The minimum Gasteiger partial charge on any atom is -0.489 e. The lowest BCUT2D eigenvalue weighted by Crippen LogP contribution is -2.39. The third kappa shape index (κ3) is 3.77. The molecule has 0 fully saturated rings. The van der Waals surface area contributed by atoms with Gasteiger partial charge in [0, 0.05) is 24.0 Å². The van der Waals surface area contributed by atoms with Crippen molar-refractivity contribution >= 4 is 17.3 Å². The molecule has 0 unspecified atom stereocenters. The molecule has 3 rings (SSSR count). The molecule has 2 aromatic rings. The highest BCUT2D eigenvalue weighted by molar-refractivity contribution is 5.97. The summed E-state index contributed by atoms with van der Waals surface area (Å²) in [6.45, 7) is 5.14. The third-order valence-corrected chi connectivity index (χ3v) is 4.06. The minimum atomic E-state index is 0.0829. The number of para-hydroxylation sites is 1. The van der Waals surface area contributed by atoms with Crippen LogP contribution >= 0.6 is 0 Å². The van der Waals surface area contributed by atoms with Gasteiger partial charge in [-0.1, -0.05) is 36.9 Å². The highest BCUT2D eigenvalue weighted by Gasteiger charge is 2.21. The average molecular weight is 322 g/mol. The lowest BCUT2D eigenvalue weighted by molar-refractivity contribution is -0.117. The number of hydrogen-bond donors (Lipinski definition) is 1. The van der Waals surface area contributed by atoms with Crippen LogP contribution in [0.3, 0.4) is 0 Å². The number of aryl methyl sites for hydroxylation is 1. The lowest BCUT2D eigenvalue weighted by Gasteiger charge is -2.29. The molecule has 1 aliphatic heterocycles. The van der Waals surface area contributed by atoms with Crippen molar-refractivity contribution < 1.29 is 9.53 Å². The number of nitrogens with one attached hydrogen (secondary N) is 1. The molecule has 0 spiro atoms. The quantitative estimate of drug-likeness (QED) is 0.826. The zero-order valence-corrected chi connectivity index (χ0v) is 13.7. The molecule has 0 aliphatic carbocycles.